The molecule has 0 radical (unpaired) electrons. The summed E-state index contributed by atoms with van der Waals surface area (Å²) in [4.78, 5) is 0. The highest BCUT2D eigenvalue weighted by Crippen LogP contribution is 2.23. The molecular weight excluding hydrogens is 224 g/mol. The van der Waals surface area contributed by atoms with Crippen molar-refractivity contribution in [3.05, 3.63) is 59.7 Å². The second-order valence-electron chi connectivity index (χ2n) is 4.12. The first-order chi connectivity index (χ1) is 8.70. The summed E-state index contributed by atoms with van der Waals surface area (Å²) in [7, 11) is 0. The van der Waals surface area contributed by atoms with Crippen LogP contribution in [0.1, 0.15) is 24.1 Å². The van der Waals surface area contributed by atoms with Crippen LogP contribution in [0.4, 0.5) is 5.69 Å². The average molecular weight is 238 g/mol. The van der Waals surface area contributed by atoms with Crippen LogP contribution < -0.4 is 5.32 Å². The van der Waals surface area contributed by atoms with Crippen molar-refractivity contribution in [2.24, 2.45) is 0 Å². The van der Waals surface area contributed by atoms with Gasteiger partial charge in [-0.05, 0) is 36.8 Å². The Morgan fingerprint density at radius 1 is 1.17 bits per heavy atom. The van der Waals surface area contributed by atoms with Gasteiger partial charge in [0.2, 0.25) is 0 Å². The molecule has 3 heteroatoms. The number of nitrogens with one attached hydrogen (secondary N) is 1. The van der Waals surface area contributed by atoms with Crippen LogP contribution in [-0.4, -0.2) is 5.11 Å². The summed E-state index contributed by atoms with van der Waals surface area (Å²) in [6, 6.07) is 16.6. The van der Waals surface area contributed by atoms with Gasteiger partial charge in [0, 0.05) is 6.04 Å². The summed E-state index contributed by atoms with van der Waals surface area (Å²) in [5.41, 5.74) is 2.39. The van der Waals surface area contributed by atoms with Crippen LogP contribution in [0.5, 0.6) is 5.75 Å². The Kier molecular flexibility index (Phi) is 3.49. The number of rotatable bonds is 3. The van der Waals surface area contributed by atoms with E-state index in [-0.39, 0.29) is 11.8 Å². The lowest BCUT2D eigenvalue weighted by atomic mass is 10.1. The highest BCUT2D eigenvalue weighted by Gasteiger charge is 2.08. The molecular formula is C15H14N2O. The Morgan fingerprint density at radius 2 is 1.94 bits per heavy atom. The predicted molar refractivity (Wildman–Crippen MR) is 71.3 cm³/mol. The van der Waals surface area contributed by atoms with E-state index in [1.807, 2.05) is 31.2 Å². The van der Waals surface area contributed by atoms with E-state index >= 15 is 0 Å². The van der Waals surface area contributed by atoms with E-state index in [1.54, 1.807) is 24.3 Å². The number of hydrogen-bond acceptors (Lipinski definition) is 3. The van der Waals surface area contributed by atoms with E-state index in [0.717, 1.165) is 11.3 Å². The summed E-state index contributed by atoms with van der Waals surface area (Å²) < 4.78 is 0. The number of benzene rings is 2. The normalized spacial score (nSPS) is 11.6. The van der Waals surface area contributed by atoms with Crippen molar-refractivity contribution in [3.63, 3.8) is 0 Å². The maximum Gasteiger partial charge on any atom is 0.115 e. The molecule has 2 aromatic carbocycles. The zero-order valence-electron chi connectivity index (χ0n) is 10.1. The van der Waals surface area contributed by atoms with E-state index in [4.69, 9.17) is 5.26 Å². The molecule has 0 saturated carbocycles. The zero-order valence-corrected chi connectivity index (χ0v) is 10.1. The van der Waals surface area contributed by atoms with Crippen molar-refractivity contribution in [2.75, 3.05) is 5.32 Å². The lowest BCUT2D eigenvalue weighted by Gasteiger charge is -2.16. The standard InChI is InChI=1S/C15H14N2O/c1-11(12-6-4-7-14(18)9-12)17-15-8-3-2-5-13(15)10-16/h2-9,11,17-18H,1H3. The molecule has 1 unspecified atom stereocenters. The molecule has 0 aliphatic carbocycles. The topological polar surface area (TPSA) is 56.0 Å². The Labute approximate surface area is 106 Å². The molecule has 2 N–H and O–H groups in total. The van der Waals surface area contributed by atoms with Gasteiger partial charge in [-0.25, -0.2) is 0 Å². The Hall–Kier alpha value is -2.47. The lowest BCUT2D eigenvalue weighted by molar-refractivity contribution is 0.474. The third-order valence-corrected chi connectivity index (χ3v) is 2.79. The van der Waals surface area contributed by atoms with E-state index in [1.165, 1.54) is 0 Å². The molecule has 3 nitrogen and oxygen atoms in total. The molecule has 18 heavy (non-hydrogen) atoms. The fraction of sp³-hybridized carbons (Fsp3) is 0.133. The molecule has 90 valence electrons. The second kappa shape index (κ2) is 5.24. The minimum atomic E-state index is 0.0200. The Balaban J connectivity index is 2.22. The molecule has 0 bridgehead atoms. The van der Waals surface area contributed by atoms with Crippen molar-refractivity contribution >= 4 is 5.69 Å². The first-order valence-corrected chi connectivity index (χ1v) is 5.75. The van der Waals surface area contributed by atoms with Gasteiger partial charge in [-0.1, -0.05) is 24.3 Å². The predicted octanol–water partition coefficient (Wildman–Crippen LogP) is 3.44. The number of nitrogens with zero attached hydrogens (tertiary/aromatic N) is 1. The van der Waals surface area contributed by atoms with Gasteiger partial charge in [-0.2, -0.15) is 5.26 Å². The van der Waals surface area contributed by atoms with Gasteiger partial charge >= 0.3 is 0 Å². The molecule has 0 spiro atoms. The number of hydrogen-bond donors (Lipinski definition) is 2. The Bertz CT molecular complexity index is 587. The zero-order chi connectivity index (χ0) is 13.0. The van der Waals surface area contributed by atoms with Gasteiger partial charge in [0.05, 0.1) is 11.3 Å². The monoisotopic (exact) mass is 238 g/mol. The van der Waals surface area contributed by atoms with Crippen LogP contribution in [0.2, 0.25) is 0 Å². The quantitative estimate of drug-likeness (QED) is 0.861. The highest BCUT2D eigenvalue weighted by atomic mass is 16.3. The molecule has 0 fully saturated rings. The van der Waals surface area contributed by atoms with Crippen LogP contribution in [0, 0.1) is 11.3 Å². The Morgan fingerprint density at radius 3 is 2.67 bits per heavy atom. The van der Waals surface area contributed by atoms with E-state index < -0.39 is 0 Å². The van der Waals surface area contributed by atoms with Crippen molar-refractivity contribution in [1.29, 1.82) is 5.26 Å². The number of phenolic OH excluding ortho intramolecular Hbond substituents is 1. The van der Waals surface area contributed by atoms with Crippen LogP contribution in [0.15, 0.2) is 48.5 Å². The van der Waals surface area contributed by atoms with Crippen molar-refractivity contribution < 1.29 is 5.11 Å². The minimum Gasteiger partial charge on any atom is -0.508 e. The molecule has 0 amide bonds. The van der Waals surface area contributed by atoms with E-state index in [9.17, 15) is 5.11 Å². The molecule has 0 heterocycles. The number of anilines is 1. The van der Waals surface area contributed by atoms with Crippen LogP contribution >= 0.6 is 0 Å². The first kappa shape index (κ1) is 12.0. The molecule has 1 atom stereocenters. The van der Waals surface area contributed by atoms with Gasteiger partial charge in [-0.15, -0.1) is 0 Å². The summed E-state index contributed by atoms with van der Waals surface area (Å²) >= 11 is 0. The SMILES string of the molecule is CC(Nc1ccccc1C#N)c1cccc(O)c1. The van der Waals surface area contributed by atoms with E-state index in [0.29, 0.717) is 5.56 Å². The molecule has 2 aromatic rings. The van der Waals surface area contributed by atoms with Crippen LogP contribution in [0.25, 0.3) is 0 Å². The molecule has 0 aliphatic heterocycles. The van der Waals surface area contributed by atoms with Gasteiger partial charge in [0.1, 0.15) is 11.8 Å². The number of phenols is 1. The molecule has 0 aromatic heterocycles. The van der Waals surface area contributed by atoms with Crippen molar-refractivity contribution in [3.8, 4) is 11.8 Å². The largest absolute Gasteiger partial charge is 0.508 e. The van der Waals surface area contributed by atoms with Gasteiger partial charge in [0.15, 0.2) is 0 Å². The molecule has 2 rings (SSSR count). The lowest BCUT2D eigenvalue weighted by Crippen LogP contribution is -2.07. The maximum absolute atomic E-state index is 9.45. The third kappa shape index (κ3) is 2.61. The third-order valence-electron chi connectivity index (χ3n) is 2.79. The fourth-order valence-corrected chi connectivity index (χ4v) is 1.82. The van der Waals surface area contributed by atoms with Crippen molar-refractivity contribution in [2.45, 2.75) is 13.0 Å². The molecule has 0 saturated heterocycles. The first-order valence-electron chi connectivity index (χ1n) is 5.75. The maximum atomic E-state index is 9.45. The van der Waals surface area contributed by atoms with Crippen LogP contribution in [0.3, 0.4) is 0 Å². The van der Waals surface area contributed by atoms with Gasteiger partial charge < -0.3 is 10.4 Å². The average Bonchev–Trinajstić information content (AvgIpc) is 2.39. The van der Waals surface area contributed by atoms with Crippen molar-refractivity contribution in [1.82, 2.24) is 0 Å². The van der Waals surface area contributed by atoms with E-state index in [2.05, 4.69) is 11.4 Å². The second-order valence-corrected chi connectivity index (χ2v) is 4.12. The summed E-state index contributed by atoms with van der Waals surface area (Å²) in [6.07, 6.45) is 0. The molecule has 0 aliphatic rings. The summed E-state index contributed by atoms with van der Waals surface area (Å²) in [5.74, 6) is 0.245. The van der Waals surface area contributed by atoms with Gasteiger partial charge in [0.25, 0.3) is 0 Å². The summed E-state index contributed by atoms with van der Waals surface area (Å²) in [6.45, 7) is 1.99. The fourth-order valence-electron chi connectivity index (χ4n) is 1.82. The summed E-state index contributed by atoms with van der Waals surface area (Å²) in [5, 5.41) is 21.7. The van der Waals surface area contributed by atoms with Crippen LogP contribution in [-0.2, 0) is 0 Å². The number of para-hydroxylation sites is 1. The number of aromatic hydroxyl groups is 1. The highest BCUT2D eigenvalue weighted by molar-refractivity contribution is 5.58. The smallest absolute Gasteiger partial charge is 0.115 e. The minimum absolute atomic E-state index is 0.0200. The number of nitriles is 1. The van der Waals surface area contributed by atoms with Gasteiger partial charge in [-0.3, -0.25) is 0 Å².